The fourth-order valence-corrected chi connectivity index (χ4v) is 4.21. The Hall–Kier alpha value is -1.40. The molecule has 1 aliphatic heterocycles. The molecule has 0 aliphatic carbocycles. The molecular weight excluding hydrogens is 344 g/mol. The number of amides is 1. The van der Waals surface area contributed by atoms with Crippen LogP contribution < -0.4 is 5.32 Å². The molecule has 2 atom stereocenters. The summed E-state index contributed by atoms with van der Waals surface area (Å²) in [6.07, 6.45) is 0. The van der Waals surface area contributed by atoms with Crippen molar-refractivity contribution in [2.24, 2.45) is 0 Å². The molecule has 1 saturated heterocycles. The Labute approximate surface area is 151 Å². The van der Waals surface area contributed by atoms with Crippen LogP contribution in [0.25, 0.3) is 0 Å². The molecule has 0 spiro atoms. The van der Waals surface area contributed by atoms with Crippen LogP contribution in [0.5, 0.6) is 0 Å². The fraction of sp³-hybridized carbons (Fsp3) is 0.389. The summed E-state index contributed by atoms with van der Waals surface area (Å²) >= 11 is 7.71. The van der Waals surface area contributed by atoms with E-state index in [-0.39, 0.29) is 18.0 Å². The van der Waals surface area contributed by atoms with Crippen molar-refractivity contribution in [2.45, 2.75) is 19.0 Å². The number of halogens is 1. The van der Waals surface area contributed by atoms with Gasteiger partial charge in [0.15, 0.2) is 0 Å². The van der Waals surface area contributed by atoms with Crippen LogP contribution in [0.2, 0.25) is 5.02 Å². The molecule has 4 nitrogen and oxygen atoms in total. The summed E-state index contributed by atoms with van der Waals surface area (Å²) in [5.74, 6) is -0.0974. The Morgan fingerprint density at radius 3 is 2.75 bits per heavy atom. The van der Waals surface area contributed by atoms with Crippen LogP contribution in [0.4, 0.5) is 0 Å². The maximum atomic E-state index is 12.6. The monoisotopic (exact) mass is 364 g/mol. The lowest BCUT2D eigenvalue weighted by Gasteiger charge is -2.37. The molecule has 1 aliphatic rings. The van der Waals surface area contributed by atoms with Gasteiger partial charge in [-0.05, 0) is 36.6 Å². The van der Waals surface area contributed by atoms with Gasteiger partial charge in [0.1, 0.15) is 0 Å². The van der Waals surface area contributed by atoms with Gasteiger partial charge in [0.05, 0.1) is 19.3 Å². The van der Waals surface area contributed by atoms with E-state index in [0.29, 0.717) is 10.6 Å². The smallest absolute Gasteiger partial charge is 0.251 e. The Balaban J connectivity index is 1.75. The van der Waals surface area contributed by atoms with Crippen LogP contribution in [0.1, 0.15) is 28.2 Å². The number of thiophene rings is 1. The molecule has 1 fully saturated rings. The highest BCUT2D eigenvalue weighted by atomic mass is 35.5. The number of morpholine rings is 1. The summed E-state index contributed by atoms with van der Waals surface area (Å²) < 4.78 is 5.47. The lowest BCUT2D eigenvalue weighted by molar-refractivity contribution is 0.00969. The second-order valence-corrected chi connectivity index (χ2v) is 7.30. The number of benzene rings is 1. The predicted octanol–water partition coefficient (Wildman–Crippen LogP) is 3.59. The second-order valence-electron chi connectivity index (χ2n) is 5.88. The molecule has 1 N–H and O–H groups in total. The van der Waals surface area contributed by atoms with E-state index in [2.05, 4.69) is 34.7 Å². The maximum Gasteiger partial charge on any atom is 0.251 e. The molecule has 1 amide bonds. The van der Waals surface area contributed by atoms with Crippen molar-refractivity contribution in [1.29, 1.82) is 0 Å². The molecule has 6 heteroatoms. The van der Waals surface area contributed by atoms with E-state index in [0.717, 1.165) is 26.3 Å². The van der Waals surface area contributed by atoms with Gasteiger partial charge < -0.3 is 10.1 Å². The van der Waals surface area contributed by atoms with Gasteiger partial charge >= 0.3 is 0 Å². The number of hydrogen-bond donors (Lipinski definition) is 1. The number of carbonyl (C=O) groups excluding carboxylic acids is 1. The van der Waals surface area contributed by atoms with Crippen molar-refractivity contribution in [2.75, 3.05) is 26.3 Å². The van der Waals surface area contributed by atoms with Crippen LogP contribution in [0, 0.1) is 0 Å². The van der Waals surface area contributed by atoms with Gasteiger partial charge in [-0.2, -0.15) is 0 Å². The first-order valence-corrected chi connectivity index (χ1v) is 9.32. The summed E-state index contributed by atoms with van der Waals surface area (Å²) in [5, 5.41) is 5.78. The third-order valence-electron chi connectivity index (χ3n) is 4.19. The first-order valence-electron chi connectivity index (χ1n) is 8.07. The number of nitrogens with one attached hydrogen (secondary N) is 1. The molecule has 128 valence electrons. The zero-order chi connectivity index (χ0) is 16.9. The minimum atomic E-state index is -0.0974. The molecule has 0 unspecified atom stereocenters. The van der Waals surface area contributed by atoms with E-state index in [1.54, 1.807) is 35.6 Å². The minimum Gasteiger partial charge on any atom is -0.379 e. The van der Waals surface area contributed by atoms with Crippen LogP contribution in [0.15, 0.2) is 41.8 Å². The van der Waals surface area contributed by atoms with Gasteiger partial charge in [-0.25, -0.2) is 0 Å². The Morgan fingerprint density at radius 1 is 1.29 bits per heavy atom. The van der Waals surface area contributed by atoms with Gasteiger partial charge in [-0.1, -0.05) is 23.7 Å². The van der Waals surface area contributed by atoms with Crippen molar-refractivity contribution in [3.63, 3.8) is 0 Å². The number of ether oxygens (including phenoxy) is 1. The third-order valence-corrected chi connectivity index (χ3v) is 5.37. The van der Waals surface area contributed by atoms with Crippen molar-refractivity contribution < 1.29 is 9.53 Å². The van der Waals surface area contributed by atoms with Crippen molar-refractivity contribution >= 4 is 28.8 Å². The van der Waals surface area contributed by atoms with Crippen molar-refractivity contribution in [3.8, 4) is 0 Å². The van der Waals surface area contributed by atoms with E-state index in [1.807, 2.05) is 0 Å². The second kappa shape index (κ2) is 8.12. The fourth-order valence-electron chi connectivity index (χ4n) is 3.06. The highest BCUT2D eigenvalue weighted by Crippen LogP contribution is 2.29. The summed E-state index contributed by atoms with van der Waals surface area (Å²) in [6.45, 7) is 5.27. The number of hydrogen-bond acceptors (Lipinski definition) is 4. The molecule has 0 bridgehead atoms. The first kappa shape index (κ1) is 17.4. The standard InChI is InChI=1S/C18H21ClN2O2S/c1-13(20-18(22)14-4-2-5-15(19)12-14)17(16-6-3-11-24-16)21-7-9-23-10-8-21/h2-6,11-13,17H,7-10H2,1H3,(H,20,22)/t13-,17-/m0/s1. The normalized spacial score (nSPS) is 18.1. The van der Waals surface area contributed by atoms with E-state index < -0.39 is 0 Å². The zero-order valence-electron chi connectivity index (χ0n) is 13.6. The van der Waals surface area contributed by atoms with Crippen LogP contribution in [-0.2, 0) is 4.74 Å². The summed E-state index contributed by atoms with van der Waals surface area (Å²) in [6, 6.07) is 11.3. The Bertz CT molecular complexity index is 671. The van der Waals surface area contributed by atoms with Gasteiger partial charge in [0, 0.05) is 34.6 Å². The van der Waals surface area contributed by atoms with E-state index in [1.165, 1.54) is 4.88 Å². The lowest BCUT2D eigenvalue weighted by Crippen LogP contribution is -2.48. The van der Waals surface area contributed by atoms with Crippen LogP contribution >= 0.6 is 22.9 Å². The van der Waals surface area contributed by atoms with E-state index in [9.17, 15) is 4.79 Å². The van der Waals surface area contributed by atoms with E-state index >= 15 is 0 Å². The predicted molar refractivity (Wildman–Crippen MR) is 97.8 cm³/mol. The Kier molecular flexibility index (Phi) is 5.89. The molecule has 1 aromatic heterocycles. The average Bonchev–Trinajstić information content (AvgIpc) is 3.10. The summed E-state index contributed by atoms with van der Waals surface area (Å²) in [5.41, 5.74) is 0.584. The maximum absolute atomic E-state index is 12.6. The summed E-state index contributed by atoms with van der Waals surface area (Å²) in [4.78, 5) is 16.2. The molecule has 0 radical (unpaired) electrons. The van der Waals surface area contributed by atoms with Gasteiger partial charge in [-0.3, -0.25) is 9.69 Å². The minimum absolute atomic E-state index is 0.0202. The molecule has 2 aromatic rings. The number of rotatable bonds is 5. The van der Waals surface area contributed by atoms with Gasteiger partial charge in [-0.15, -0.1) is 11.3 Å². The number of carbonyl (C=O) groups is 1. The highest BCUT2D eigenvalue weighted by Gasteiger charge is 2.29. The van der Waals surface area contributed by atoms with Gasteiger partial charge in [0.2, 0.25) is 0 Å². The molecule has 2 heterocycles. The molecule has 3 rings (SSSR count). The third kappa shape index (κ3) is 4.16. The molecule has 1 aromatic carbocycles. The van der Waals surface area contributed by atoms with Crippen LogP contribution in [0.3, 0.4) is 0 Å². The van der Waals surface area contributed by atoms with Crippen molar-refractivity contribution in [3.05, 3.63) is 57.2 Å². The largest absolute Gasteiger partial charge is 0.379 e. The zero-order valence-corrected chi connectivity index (χ0v) is 15.1. The first-order chi connectivity index (χ1) is 11.6. The Morgan fingerprint density at radius 2 is 2.08 bits per heavy atom. The summed E-state index contributed by atoms with van der Waals surface area (Å²) in [7, 11) is 0. The van der Waals surface area contributed by atoms with E-state index in [4.69, 9.17) is 16.3 Å². The lowest BCUT2D eigenvalue weighted by atomic mass is 10.0. The molecular formula is C18H21ClN2O2S. The van der Waals surface area contributed by atoms with Crippen LogP contribution in [-0.4, -0.2) is 43.2 Å². The highest BCUT2D eigenvalue weighted by molar-refractivity contribution is 7.10. The average molecular weight is 365 g/mol. The molecule has 24 heavy (non-hydrogen) atoms. The van der Waals surface area contributed by atoms with Crippen molar-refractivity contribution in [1.82, 2.24) is 10.2 Å². The SMILES string of the molecule is C[C@H](NC(=O)c1cccc(Cl)c1)[C@@H](c1cccs1)N1CCOCC1. The topological polar surface area (TPSA) is 41.6 Å². The molecule has 0 saturated carbocycles. The number of nitrogens with zero attached hydrogens (tertiary/aromatic N) is 1. The van der Waals surface area contributed by atoms with Gasteiger partial charge in [0.25, 0.3) is 5.91 Å². The quantitative estimate of drug-likeness (QED) is 0.881.